The summed E-state index contributed by atoms with van der Waals surface area (Å²) in [6, 6.07) is 8.55. The molecule has 2 rings (SSSR count). The Kier molecular flexibility index (Phi) is 5.84. The van der Waals surface area contributed by atoms with Crippen molar-refractivity contribution in [3.63, 3.8) is 0 Å². The number of anilines is 2. The molecule has 0 amide bonds. The van der Waals surface area contributed by atoms with Crippen molar-refractivity contribution in [1.82, 2.24) is 4.90 Å². The van der Waals surface area contributed by atoms with Crippen molar-refractivity contribution in [1.29, 1.82) is 0 Å². The second-order valence-corrected chi connectivity index (χ2v) is 4.37. The first-order valence-corrected chi connectivity index (χ1v) is 6.54. The number of nitrogens with two attached hydrogens (primary N) is 1. The molecule has 0 radical (unpaired) electrons. The topological polar surface area (TPSA) is 41.3 Å². The van der Waals surface area contributed by atoms with Gasteiger partial charge >= 0.3 is 0 Å². The number of benzene rings is 1. The number of likely N-dealkylation sites (N-methyl/N-ethyl adjacent to an activating group) is 1. The highest BCUT2D eigenvalue weighted by Gasteiger charge is 2.16. The standard InChI is InChI=1S/C12H19N3.C2H6/c1-15-8-2-3-12(9-15)14-11-6-4-10(13)5-7-11;1-2/h4-7,12,14H,2-3,8-9,13H2,1H3;1-2H3. The minimum absolute atomic E-state index is 0.576. The fourth-order valence-corrected chi connectivity index (χ4v) is 2.10. The molecule has 3 nitrogen and oxygen atoms in total. The average molecular weight is 235 g/mol. The van der Waals surface area contributed by atoms with Crippen molar-refractivity contribution in [2.24, 2.45) is 0 Å². The normalized spacial score (nSPS) is 20.3. The smallest absolute Gasteiger partial charge is 0.0388 e. The quantitative estimate of drug-likeness (QED) is 0.775. The van der Waals surface area contributed by atoms with Crippen molar-refractivity contribution >= 4 is 11.4 Å². The highest BCUT2D eigenvalue weighted by atomic mass is 15.1. The molecule has 96 valence electrons. The van der Waals surface area contributed by atoms with E-state index in [1.54, 1.807) is 0 Å². The van der Waals surface area contributed by atoms with E-state index in [1.165, 1.54) is 25.1 Å². The third-order valence-electron chi connectivity index (χ3n) is 2.91. The van der Waals surface area contributed by atoms with Crippen molar-refractivity contribution in [2.45, 2.75) is 32.7 Å². The first kappa shape index (κ1) is 13.8. The van der Waals surface area contributed by atoms with Crippen LogP contribution in [0.1, 0.15) is 26.7 Å². The summed E-state index contributed by atoms with van der Waals surface area (Å²) in [7, 11) is 2.18. The number of hydrogen-bond donors (Lipinski definition) is 2. The maximum Gasteiger partial charge on any atom is 0.0388 e. The van der Waals surface area contributed by atoms with Gasteiger partial charge in [-0.25, -0.2) is 0 Å². The van der Waals surface area contributed by atoms with Gasteiger partial charge in [-0.2, -0.15) is 0 Å². The SMILES string of the molecule is CC.CN1CCCC(Nc2ccc(N)cc2)C1. The van der Waals surface area contributed by atoms with Gasteiger partial charge in [-0.1, -0.05) is 13.8 Å². The molecule has 1 aliphatic heterocycles. The molecule has 1 unspecified atom stereocenters. The predicted octanol–water partition coefficient (Wildman–Crippen LogP) is 2.80. The van der Waals surface area contributed by atoms with Crippen molar-refractivity contribution in [3.8, 4) is 0 Å². The molecule has 1 aromatic carbocycles. The van der Waals surface area contributed by atoms with Gasteiger partial charge in [-0.3, -0.25) is 0 Å². The van der Waals surface area contributed by atoms with Gasteiger partial charge in [0.25, 0.3) is 0 Å². The molecule has 0 aliphatic carbocycles. The van der Waals surface area contributed by atoms with Gasteiger partial charge in [-0.15, -0.1) is 0 Å². The molecule has 0 spiro atoms. The molecule has 1 aromatic rings. The van der Waals surface area contributed by atoms with Crippen LogP contribution in [0.3, 0.4) is 0 Å². The summed E-state index contributed by atoms with van der Waals surface area (Å²) in [5.74, 6) is 0. The zero-order valence-electron chi connectivity index (χ0n) is 11.2. The highest BCUT2D eigenvalue weighted by Crippen LogP contribution is 2.16. The summed E-state index contributed by atoms with van der Waals surface area (Å²) in [5.41, 5.74) is 7.64. The summed E-state index contributed by atoms with van der Waals surface area (Å²) in [6.45, 7) is 6.35. The van der Waals surface area contributed by atoms with Gasteiger partial charge in [0.15, 0.2) is 0 Å². The molecule has 17 heavy (non-hydrogen) atoms. The van der Waals surface area contributed by atoms with Crippen LogP contribution in [0, 0.1) is 0 Å². The van der Waals surface area contributed by atoms with Gasteiger partial charge < -0.3 is 16.0 Å². The van der Waals surface area contributed by atoms with Crippen LogP contribution in [0.4, 0.5) is 11.4 Å². The minimum Gasteiger partial charge on any atom is -0.399 e. The van der Waals surface area contributed by atoms with E-state index in [0.717, 1.165) is 12.2 Å². The van der Waals surface area contributed by atoms with Crippen LogP contribution in [0.25, 0.3) is 0 Å². The molecule has 1 fully saturated rings. The van der Waals surface area contributed by atoms with Crippen LogP contribution in [-0.2, 0) is 0 Å². The number of nitrogen functional groups attached to an aromatic ring is 1. The summed E-state index contributed by atoms with van der Waals surface area (Å²) in [5, 5.41) is 3.54. The molecular formula is C14H25N3. The lowest BCUT2D eigenvalue weighted by Crippen LogP contribution is -2.39. The van der Waals surface area contributed by atoms with Crippen LogP contribution in [0.5, 0.6) is 0 Å². The highest BCUT2D eigenvalue weighted by molar-refractivity contribution is 5.51. The van der Waals surface area contributed by atoms with Gasteiger partial charge in [0.1, 0.15) is 0 Å². The first-order valence-electron chi connectivity index (χ1n) is 6.54. The molecular weight excluding hydrogens is 210 g/mol. The number of nitrogens with one attached hydrogen (secondary N) is 1. The van der Waals surface area contributed by atoms with Gasteiger partial charge in [0, 0.05) is 24.0 Å². The first-order chi connectivity index (χ1) is 8.24. The van der Waals surface area contributed by atoms with Gasteiger partial charge in [0.05, 0.1) is 0 Å². The number of piperidine rings is 1. The van der Waals surface area contributed by atoms with E-state index in [4.69, 9.17) is 5.73 Å². The van der Waals surface area contributed by atoms with Crippen LogP contribution in [0.2, 0.25) is 0 Å². The fourth-order valence-electron chi connectivity index (χ4n) is 2.10. The second-order valence-electron chi connectivity index (χ2n) is 4.37. The van der Waals surface area contributed by atoms with Crippen molar-refractivity contribution in [2.75, 3.05) is 31.2 Å². The number of likely N-dealkylation sites (tertiary alicyclic amines) is 1. The van der Waals surface area contributed by atoms with E-state index in [-0.39, 0.29) is 0 Å². The molecule has 1 heterocycles. The van der Waals surface area contributed by atoms with E-state index in [0.29, 0.717) is 6.04 Å². The molecule has 0 aromatic heterocycles. The maximum absolute atomic E-state index is 5.65. The number of hydrogen-bond acceptors (Lipinski definition) is 3. The van der Waals surface area contributed by atoms with Crippen LogP contribution >= 0.6 is 0 Å². The van der Waals surface area contributed by atoms with Crippen LogP contribution in [0.15, 0.2) is 24.3 Å². The maximum atomic E-state index is 5.65. The third kappa shape index (κ3) is 4.65. The zero-order valence-corrected chi connectivity index (χ0v) is 11.2. The molecule has 1 aliphatic rings. The van der Waals surface area contributed by atoms with E-state index in [1.807, 2.05) is 38.1 Å². The molecule has 1 atom stereocenters. The van der Waals surface area contributed by atoms with E-state index in [9.17, 15) is 0 Å². The fraction of sp³-hybridized carbons (Fsp3) is 0.571. The largest absolute Gasteiger partial charge is 0.399 e. The Balaban J connectivity index is 0.000000686. The van der Waals surface area contributed by atoms with Crippen LogP contribution < -0.4 is 11.1 Å². The lowest BCUT2D eigenvalue weighted by atomic mass is 10.1. The summed E-state index contributed by atoms with van der Waals surface area (Å²) >= 11 is 0. The Morgan fingerprint density at radius 1 is 1.24 bits per heavy atom. The zero-order chi connectivity index (χ0) is 12.7. The molecule has 3 N–H and O–H groups in total. The van der Waals surface area contributed by atoms with E-state index >= 15 is 0 Å². The number of rotatable bonds is 2. The molecule has 0 bridgehead atoms. The molecule has 0 saturated carbocycles. The number of nitrogens with zero attached hydrogens (tertiary/aromatic N) is 1. The molecule has 3 heteroatoms. The van der Waals surface area contributed by atoms with Gasteiger partial charge in [-0.05, 0) is 50.7 Å². The summed E-state index contributed by atoms with van der Waals surface area (Å²) < 4.78 is 0. The Bertz CT molecular complexity index is 308. The summed E-state index contributed by atoms with van der Waals surface area (Å²) in [6.07, 6.45) is 2.54. The van der Waals surface area contributed by atoms with E-state index < -0.39 is 0 Å². The van der Waals surface area contributed by atoms with Gasteiger partial charge in [0.2, 0.25) is 0 Å². The third-order valence-corrected chi connectivity index (χ3v) is 2.91. The lowest BCUT2D eigenvalue weighted by Gasteiger charge is -2.30. The Morgan fingerprint density at radius 2 is 1.88 bits per heavy atom. The Labute approximate surface area is 105 Å². The van der Waals surface area contributed by atoms with E-state index in [2.05, 4.69) is 17.3 Å². The lowest BCUT2D eigenvalue weighted by molar-refractivity contribution is 0.261. The van der Waals surface area contributed by atoms with Crippen molar-refractivity contribution < 1.29 is 0 Å². The predicted molar refractivity (Wildman–Crippen MR) is 76.3 cm³/mol. The minimum atomic E-state index is 0.576. The molecule has 1 saturated heterocycles. The monoisotopic (exact) mass is 235 g/mol. The Morgan fingerprint density at radius 3 is 2.47 bits per heavy atom. The second kappa shape index (κ2) is 7.17. The average Bonchev–Trinajstić information content (AvgIpc) is 2.35. The van der Waals surface area contributed by atoms with Crippen molar-refractivity contribution in [3.05, 3.63) is 24.3 Å². The Hall–Kier alpha value is -1.22. The summed E-state index contributed by atoms with van der Waals surface area (Å²) in [4.78, 5) is 2.37. The van der Waals surface area contributed by atoms with Crippen LogP contribution in [-0.4, -0.2) is 31.1 Å².